The molecule has 0 aliphatic heterocycles. The maximum absolute atomic E-state index is 4.69. The van der Waals surface area contributed by atoms with Crippen LogP contribution in [0.3, 0.4) is 0 Å². The summed E-state index contributed by atoms with van der Waals surface area (Å²) >= 11 is 3.47. The predicted molar refractivity (Wildman–Crippen MR) is 92.4 cm³/mol. The van der Waals surface area contributed by atoms with Crippen LogP contribution >= 0.6 is 22.7 Å². The second kappa shape index (κ2) is 7.33. The quantitative estimate of drug-likeness (QED) is 0.845. The van der Waals surface area contributed by atoms with E-state index in [2.05, 4.69) is 48.4 Å². The van der Waals surface area contributed by atoms with Crippen molar-refractivity contribution in [3.63, 3.8) is 0 Å². The molecule has 0 fully saturated rings. The molecule has 2 aromatic rings. The van der Waals surface area contributed by atoms with Crippen molar-refractivity contribution in [2.45, 2.75) is 40.8 Å². The van der Waals surface area contributed by atoms with E-state index in [0.717, 1.165) is 41.2 Å². The van der Waals surface area contributed by atoms with Crippen LogP contribution in [-0.2, 0) is 13.1 Å². The average Bonchev–Trinajstić information content (AvgIpc) is 2.96. The molecule has 0 radical (unpaired) electrons. The SMILES string of the molecule is Cc1nc(CN(C)c2nc(C)c(CNCC(C)C)s2)cs1. The Balaban J connectivity index is 1.96. The van der Waals surface area contributed by atoms with Gasteiger partial charge in [-0.25, -0.2) is 9.97 Å². The molecule has 1 N–H and O–H groups in total. The van der Waals surface area contributed by atoms with Gasteiger partial charge in [0, 0.05) is 23.8 Å². The van der Waals surface area contributed by atoms with Crippen LogP contribution in [0.2, 0.25) is 0 Å². The van der Waals surface area contributed by atoms with Crippen molar-refractivity contribution in [2.75, 3.05) is 18.5 Å². The van der Waals surface area contributed by atoms with E-state index in [-0.39, 0.29) is 0 Å². The molecule has 0 amide bonds. The van der Waals surface area contributed by atoms with Gasteiger partial charge in [-0.3, -0.25) is 0 Å². The third kappa shape index (κ3) is 4.76. The first kappa shape index (κ1) is 16.4. The fraction of sp³-hybridized carbons (Fsp3) is 0.600. The molecule has 0 bridgehead atoms. The molecular weight excluding hydrogens is 300 g/mol. The molecule has 2 aromatic heterocycles. The van der Waals surface area contributed by atoms with Crippen LogP contribution in [0.25, 0.3) is 0 Å². The summed E-state index contributed by atoms with van der Waals surface area (Å²) in [5.41, 5.74) is 2.25. The van der Waals surface area contributed by atoms with Gasteiger partial charge in [0.25, 0.3) is 0 Å². The molecule has 0 aliphatic carbocycles. The van der Waals surface area contributed by atoms with Crippen molar-refractivity contribution in [3.8, 4) is 0 Å². The Hall–Kier alpha value is -0.980. The first-order valence-electron chi connectivity index (χ1n) is 7.25. The Morgan fingerprint density at radius 2 is 2.05 bits per heavy atom. The van der Waals surface area contributed by atoms with Crippen LogP contribution in [-0.4, -0.2) is 23.6 Å². The van der Waals surface area contributed by atoms with Gasteiger partial charge in [-0.1, -0.05) is 13.8 Å². The summed E-state index contributed by atoms with van der Waals surface area (Å²) in [4.78, 5) is 12.7. The summed E-state index contributed by atoms with van der Waals surface area (Å²) in [5.74, 6) is 0.674. The number of hydrogen-bond donors (Lipinski definition) is 1. The smallest absolute Gasteiger partial charge is 0.185 e. The number of rotatable bonds is 7. The van der Waals surface area contributed by atoms with Crippen molar-refractivity contribution in [3.05, 3.63) is 26.7 Å². The molecule has 116 valence electrons. The zero-order valence-corrected chi connectivity index (χ0v) is 15.1. The molecule has 0 aliphatic rings. The molecule has 2 rings (SSSR count). The summed E-state index contributed by atoms with van der Waals surface area (Å²) in [6.07, 6.45) is 0. The van der Waals surface area contributed by atoms with Gasteiger partial charge in [0.2, 0.25) is 0 Å². The second-order valence-electron chi connectivity index (χ2n) is 5.74. The summed E-state index contributed by atoms with van der Waals surface area (Å²) in [6.45, 7) is 11.3. The zero-order chi connectivity index (χ0) is 15.4. The average molecular weight is 325 g/mol. The summed E-state index contributed by atoms with van der Waals surface area (Å²) in [7, 11) is 2.08. The van der Waals surface area contributed by atoms with Crippen molar-refractivity contribution < 1.29 is 0 Å². The lowest BCUT2D eigenvalue weighted by atomic mass is 10.2. The highest BCUT2D eigenvalue weighted by atomic mass is 32.1. The highest BCUT2D eigenvalue weighted by Gasteiger charge is 2.12. The first-order valence-corrected chi connectivity index (χ1v) is 8.94. The van der Waals surface area contributed by atoms with Crippen LogP contribution in [0.4, 0.5) is 5.13 Å². The minimum atomic E-state index is 0.674. The van der Waals surface area contributed by atoms with Crippen molar-refractivity contribution in [1.29, 1.82) is 0 Å². The minimum absolute atomic E-state index is 0.674. The Kier molecular flexibility index (Phi) is 5.72. The second-order valence-corrected chi connectivity index (χ2v) is 7.87. The molecule has 0 aromatic carbocycles. The molecule has 21 heavy (non-hydrogen) atoms. The van der Waals surface area contributed by atoms with Gasteiger partial charge in [0.05, 0.1) is 22.9 Å². The zero-order valence-electron chi connectivity index (χ0n) is 13.4. The molecule has 0 spiro atoms. The third-order valence-corrected chi connectivity index (χ3v) is 5.21. The number of nitrogens with zero attached hydrogens (tertiary/aromatic N) is 3. The summed E-state index contributed by atoms with van der Waals surface area (Å²) in [6, 6.07) is 0. The summed E-state index contributed by atoms with van der Waals surface area (Å²) in [5, 5.41) is 7.80. The molecule has 0 saturated carbocycles. The van der Waals surface area contributed by atoms with Crippen molar-refractivity contribution >= 4 is 27.8 Å². The lowest BCUT2D eigenvalue weighted by Gasteiger charge is -2.13. The van der Waals surface area contributed by atoms with Gasteiger partial charge in [0.15, 0.2) is 5.13 Å². The normalized spacial score (nSPS) is 11.3. The monoisotopic (exact) mass is 324 g/mol. The molecule has 2 heterocycles. The molecule has 0 saturated heterocycles. The van der Waals surface area contributed by atoms with Gasteiger partial charge < -0.3 is 10.2 Å². The third-order valence-electron chi connectivity index (χ3n) is 3.11. The Labute approximate surface area is 135 Å². The van der Waals surface area contributed by atoms with Gasteiger partial charge in [-0.2, -0.15) is 0 Å². The lowest BCUT2D eigenvalue weighted by Crippen LogP contribution is -2.18. The molecule has 6 heteroatoms. The number of aromatic nitrogens is 2. The Bertz CT molecular complexity index is 574. The topological polar surface area (TPSA) is 41.1 Å². The van der Waals surface area contributed by atoms with Crippen LogP contribution in [0.1, 0.15) is 35.1 Å². The Morgan fingerprint density at radius 1 is 1.29 bits per heavy atom. The van der Waals surface area contributed by atoms with Gasteiger partial charge >= 0.3 is 0 Å². The number of aryl methyl sites for hydroxylation is 2. The maximum atomic E-state index is 4.69. The maximum Gasteiger partial charge on any atom is 0.185 e. The minimum Gasteiger partial charge on any atom is -0.345 e. The van der Waals surface area contributed by atoms with Crippen LogP contribution < -0.4 is 10.2 Å². The first-order chi connectivity index (χ1) is 9.95. The highest BCUT2D eigenvalue weighted by Crippen LogP contribution is 2.26. The standard InChI is InChI=1S/C15H24N4S2/c1-10(2)6-16-7-14-11(3)17-15(21-14)19(5)8-13-9-20-12(4)18-13/h9-10,16H,6-8H2,1-5H3. The summed E-state index contributed by atoms with van der Waals surface area (Å²) < 4.78 is 0. The molecule has 0 unspecified atom stereocenters. The fourth-order valence-electron chi connectivity index (χ4n) is 2.01. The van der Waals surface area contributed by atoms with E-state index in [9.17, 15) is 0 Å². The fourth-order valence-corrected chi connectivity index (χ4v) is 3.60. The van der Waals surface area contributed by atoms with E-state index in [1.807, 2.05) is 6.92 Å². The number of thiazole rings is 2. The molecular formula is C15H24N4S2. The van der Waals surface area contributed by atoms with E-state index in [1.54, 1.807) is 22.7 Å². The number of nitrogens with one attached hydrogen (secondary N) is 1. The van der Waals surface area contributed by atoms with Crippen molar-refractivity contribution in [1.82, 2.24) is 15.3 Å². The molecule has 0 atom stereocenters. The van der Waals surface area contributed by atoms with E-state index in [4.69, 9.17) is 4.98 Å². The number of anilines is 1. The van der Waals surface area contributed by atoms with E-state index < -0.39 is 0 Å². The van der Waals surface area contributed by atoms with E-state index in [1.165, 1.54) is 4.88 Å². The Morgan fingerprint density at radius 3 is 2.67 bits per heavy atom. The number of hydrogen-bond acceptors (Lipinski definition) is 6. The van der Waals surface area contributed by atoms with Crippen LogP contribution in [0, 0.1) is 19.8 Å². The van der Waals surface area contributed by atoms with Gasteiger partial charge in [-0.05, 0) is 26.3 Å². The van der Waals surface area contributed by atoms with E-state index >= 15 is 0 Å². The predicted octanol–water partition coefficient (Wildman–Crippen LogP) is 3.60. The van der Waals surface area contributed by atoms with Gasteiger partial charge in [0.1, 0.15) is 0 Å². The van der Waals surface area contributed by atoms with Crippen molar-refractivity contribution in [2.24, 2.45) is 5.92 Å². The van der Waals surface area contributed by atoms with Crippen LogP contribution in [0.15, 0.2) is 5.38 Å². The van der Waals surface area contributed by atoms with E-state index in [0.29, 0.717) is 5.92 Å². The van der Waals surface area contributed by atoms with Gasteiger partial charge in [-0.15, -0.1) is 22.7 Å². The molecule has 4 nitrogen and oxygen atoms in total. The lowest BCUT2D eigenvalue weighted by molar-refractivity contribution is 0.554. The highest BCUT2D eigenvalue weighted by molar-refractivity contribution is 7.15. The van der Waals surface area contributed by atoms with Crippen LogP contribution in [0.5, 0.6) is 0 Å². The largest absolute Gasteiger partial charge is 0.345 e.